The van der Waals surface area contributed by atoms with E-state index in [2.05, 4.69) is 24.0 Å². The number of ketones is 1. The Hall–Kier alpha value is -2.99. The Morgan fingerprint density at radius 3 is 2.26 bits per heavy atom. The topological polar surface area (TPSA) is 72.9 Å². The molecule has 178 valence electrons. The van der Waals surface area contributed by atoms with Crippen LogP contribution in [0.5, 0.6) is 0 Å². The van der Waals surface area contributed by atoms with E-state index in [1.165, 1.54) is 0 Å². The number of hydrogen-bond donors (Lipinski definition) is 0. The van der Waals surface area contributed by atoms with Gasteiger partial charge in [0.1, 0.15) is 0 Å². The number of carbonyl (C=O) groups is 3. The first-order valence-electron chi connectivity index (χ1n) is 12.2. The van der Waals surface area contributed by atoms with Crippen LogP contribution in [0.2, 0.25) is 0 Å². The van der Waals surface area contributed by atoms with E-state index in [1.54, 1.807) is 13.8 Å². The lowest BCUT2D eigenvalue weighted by Crippen LogP contribution is -2.57. The van der Waals surface area contributed by atoms with E-state index in [-0.39, 0.29) is 49.8 Å². The monoisotopic (exact) mass is 461 g/mol. The van der Waals surface area contributed by atoms with Crippen molar-refractivity contribution in [1.29, 1.82) is 0 Å². The van der Waals surface area contributed by atoms with E-state index in [0.717, 1.165) is 11.1 Å². The third-order valence-electron chi connectivity index (χ3n) is 8.14. The summed E-state index contributed by atoms with van der Waals surface area (Å²) in [5, 5.41) is 0. The maximum Gasteiger partial charge on any atom is 0.323 e. The summed E-state index contributed by atoms with van der Waals surface area (Å²) in [4.78, 5) is 43.3. The van der Waals surface area contributed by atoms with Crippen LogP contribution >= 0.6 is 0 Å². The molecule has 2 heterocycles. The van der Waals surface area contributed by atoms with Gasteiger partial charge in [0.25, 0.3) is 0 Å². The van der Waals surface area contributed by atoms with Crippen LogP contribution in [0.15, 0.2) is 54.6 Å². The van der Waals surface area contributed by atoms with Crippen molar-refractivity contribution in [3.05, 3.63) is 71.3 Å². The van der Waals surface area contributed by atoms with Crippen molar-refractivity contribution in [1.82, 2.24) is 4.90 Å². The lowest BCUT2D eigenvalue weighted by Gasteiger charge is -2.48. The van der Waals surface area contributed by atoms with Crippen LogP contribution in [0.4, 0.5) is 0 Å². The van der Waals surface area contributed by atoms with Gasteiger partial charge in [-0.25, -0.2) is 0 Å². The minimum atomic E-state index is -1.47. The minimum absolute atomic E-state index is 0.0000954. The smallest absolute Gasteiger partial charge is 0.323 e. The van der Waals surface area contributed by atoms with Gasteiger partial charge in [0.05, 0.1) is 18.8 Å². The van der Waals surface area contributed by atoms with E-state index in [1.807, 2.05) is 42.5 Å². The predicted octanol–water partition coefficient (Wildman–Crippen LogP) is 4.65. The van der Waals surface area contributed by atoms with Crippen LogP contribution in [0.25, 0.3) is 0 Å². The second kappa shape index (κ2) is 8.35. The molecule has 2 aromatic carbocycles. The highest BCUT2D eigenvalue weighted by atomic mass is 16.6. The van der Waals surface area contributed by atoms with Crippen LogP contribution in [-0.2, 0) is 19.1 Å². The van der Waals surface area contributed by atoms with Gasteiger partial charge in [0.15, 0.2) is 11.2 Å². The average Bonchev–Trinajstić information content (AvgIpc) is 3.32. The summed E-state index contributed by atoms with van der Waals surface area (Å²) < 4.78 is 10.8. The second-order valence-electron chi connectivity index (χ2n) is 9.69. The number of hydrogen-bond acceptors (Lipinski definition) is 6. The normalized spacial score (nSPS) is 27.6. The number of Topliss-reactive ketones (excluding diaryl/α,β-unsaturated/α-hetero) is 1. The van der Waals surface area contributed by atoms with Crippen LogP contribution in [0.1, 0.15) is 73.6 Å². The van der Waals surface area contributed by atoms with E-state index in [0.29, 0.717) is 12.0 Å². The Morgan fingerprint density at radius 1 is 1.00 bits per heavy atom. The number of ether oxygens (including phenoxy) is 2. The third-order valence-corrected chi connectivity index (χ3v) is 8.14. The van der Waals surface area contributed by atoms with E-state index >= 15 is 0 Å². The zero-order chi connectivity index (χ0) is 24.1. The largest absolute Gasteiger partial charge is 0.465 e. The quantitative estimate of drug-likeness (QED) is 0.461. The van der Waals surface area contributed by atoms with Gasteiger partial charge in [0.2, 0.25) is 0 Å². The van der Waals surface area contributed by atoms with Crippen LogP contribution < -0.4 is 0 Å². The summed E-state index contributed by atoms with van der Waals surface area (Å²) in [5.41, 5.74) is 0.402. The lowest BCUT2D eigenvalue weighted by molar-refractivity contribution is -0.172. The molecule has 1 saturated heterocycles. The van der Waals surface area contributed by atoms with Crippen molar-refractivity contribution in [2.45, 2.75) is 57.7 Å². The fourth-order valence-electron chi connectivity index (χ4n) is 6.84. The van der Waals surface area contributed by atoms with Gasteiger partial charge in [-0.3, -0.25) is 19.3 Å². The first-order valence-corrected chi connectivity index (χ1v) is 12.2. The Balaban J connectivity index is 1.68. The van der Waals surface area contributed by atoms with Gasteiger partial charge in [-0.05, 0) is 50.7 Å². The molecule has 1 saturated carbocycles. The molecule has 2 fully saturated rings. The lowest BCUT2D eigenvalue weighted by atomic mass is 9.75. The molecule has 2 aliphatic heterocycles. The molecule has 0 N–H and O–H groups in total. The summed E-state index contributed by atoms with van der Waals surface area (Å²) >= 11 is 0. The molecule has 1 aliphatic carbocycles. The third kappa shape index (κ3) is 3.01. The molecule has 34 heavy (non-hydrogen) atoms. The Labute approximate surface area is 200 Å². The van der Waals surface area contributed by atoms with Gasteiger partial charge < -0.3 is 9.47 Å². The Bertz CT molecular complexity index is 1110. The predicted molar refractivity (Wildman–Crippen MR) is 126 cm³/mol. The van der Waals surface area contributed by atoms with Crippen molar-refractivity contribution in [3.63, 3.8) is 0 Å². The highest BCUT2D eigenvalue weighted by Crippen LogP contribution is 2.66. The van der Waals surface area contributed by atoms with Crippen molar-refractivity contribution in [3.8, 4) is 0 Å². The molecule has 3 aliphatic rings. The molecule has 6 heteroatoms. The number of fused-ring (bicyclic) bond motifs is 3. The molecule has 0 amide bonds. The fraction of sp³-hybridized carbons (Fsp3) is 0.464. The summed E-state index contributed by atoms with van der Waals surface area (Å²) in [6.45, 7) is 5.91. The molecule has 4 atom stereocenters. The van der Waals surface area contributed by atoms with Crippen molar-refractivity contribution >= 4 is 17.7 Å². The van der Waals surface area contributed by atoms with Gasteiger partial charge in [0, 0.05) is 24.1 Å². The fourth-order valence-corrected chi connectivity index (χ4v) is 6.84. The molecular formula is C28H31NO5. The summed E-state index contributed by atoms with van der Waals surface area (Å²) in [7, 11) is 0. The molecule has 5 rings (SSSR count). The number of esters is 2. The molecule has 1 spiro atoms. The first kappa shape index (κ1) is 22.8. The molecule has 0 aromatic heterocycles. The number of carbonyl (C=O) groups excluding carboxylic acids is 3. The highest BCUT2D eigenvalue weighted by molar-refractivity contribution is 6.10. The van der Waals surface area contributed by atoms with E-state index < -0.39 is 22.9 Å². The molecule has 6 nitrogen and oxygen atoms in total. The first-order chi connectivity index (χ1) is 16.4. The molecular weight excluding hydrogens is 430 g/mol. The average molecular weight is 462 g/mol. The van der Waals surface area contributed by atoms with Crippen molar-refractivity contribution < 1.29 is 23.9 Å². The van der Waals surface area contributed by atoms with E-state index in [4.69, 9.17) is 9.47 Å². The SMILES string of the molecule is CCOC(=O)C1(C(=O)OCC)C[C@@H]2C[C@H]3c4ccccc4C(=O)[C@]2(C1)N3C(C)c1ccccc1. The number of nitrogens with zero attached hydrogens (tertiary/aromatic N) is 1. The number of rotatable bonds is 6. The van der Waals surface area contributed by atoms with Crippen LogP contribution in [0.3, 0.4) is 0 Å². The number of benzene rings is 2. The summed E-state index contributed by atoms with van der Waals surface area (Å²) in [6.07, 6.45) is 1.06. The van der Waals surface area contributed by atoms with Crippen molar-refractivity contribution in [2.75, 3.05) is 13.2 Å². The molecule has 0 radical (unpaired) electrons. The van der Waals surface area contributed by atoms with Gasteiger partial charge in [-0.1, -0.05) is 54.6 Å². The molecule has 2 bridgehead atoms. The van der Waals surface area contributed by atoms with Crippen molar-refractivity contribution in [2.24, 2.45) is 11.3 Å². The zero-order valence-corrected chi connectivity index (χ0v) is 20.0. The maximum absolute atomic E-state index is 14.3. The summed E-state index contributed by atoms with van der Waals surface area (Å²) in [6, 6.07) is 17.9. The van der Waals surface area contributed by atoms with Gasteiger partial charge in [-0.15, -0.1) is 0 Å². The minimum Gasteiger partial charge on any atom is -0.465 e. The molecule has 2 aromatic rings. The van der Waals surface area contributed by atoms with Crippen LogP contribution in [-0.4, -0.2) is 41.4 Å². The highest BCUT2D eigenvalue weighted by Gasteiger charge is 2.73. The Kier molecular flexibility index (Phi) is 5.59. The standard InChI is InChI=1S/C28H31NO5/c1-4-33-25(31)27(26(32)34-5-2)16-20-15-23-21-13-9-10-14-22(21)24(30)28(20,17-27)29(23)18(3)19-11-7-6-8-12-19/h6-14,18,20,23H,4-5,15-17H2,1-3H3/t18?,20-,23-,28+/m0/s1. The Morgan fingerprint density at radius 2 is 1.62 bits per heavy atom. The summed E-state index contributed by atoms with van der Waals surface area (Å²) in [5.74, 6) is -1.31. The van der Waals surface area contributed by atoms with E-state index in [9.17, 15) is 14.4 Å². The van der Waals surface area contributed by atoms with Crippen LogP contribution in [0, 0.1) is 11.3 Å². The zero-order valence-electron chi connectivity index (χ0n) is 20.0. The molecule has 1 unspecified atom stereocenters. The maximum atomic E-state index is 14.3. The second-order valence-corrected chi connectivity index (χ2v) is 9.69. The van der Waals surface area contributed by atoms with Gasteiger partial charge in [-0.2, -0.15) is 0 Å². The van der Waals surface area contributed by atoms with Gasteiger partial charge >= 0.3 is 11.9 Å².